The van der Waals surface area contributed by atoms with Crippen LogP contribution in [0.15, 0.2) is 24.3 Å². The lowest BCUT2D eigenvalue weighted by molar-refractivity contribution is -0.145. The van der Waals surface area contributed by atoms with E-state index in [1.807, 2.05) is 26.2 Å². The zero-order valence-corrected chi connectivity index (χ0v) is 16.7. The molecule has 1 saturated heterocycles. The third-order valence-electron chi connectivity index (χ3n) is 4.30. The number of nitrogens with zero attached hydrogens (tertiary/aromatic N) is 1. The van der Waals surface area contributed by atoms with Crippen LogP contribution < -0.4 is 10.1 Å². The van der Waals surface area contributed by atoms with Crippen molar-refractivity contribution in [2.45, 2.75) is 38.5 Å². The Morgan fingerprint density at radius 2 is 1.96 bits per heavy atom. The summed E-state index contributed by atoms with van der Waals surface area (Å²) >= 11 is 1.65. The smallest absolute Gasteiger partial charge is 0.255 e. The summed E-state index contributed by atoms with van der Waals surface area (Å²) in [6.07, 6.45) is 2.56. The van der Waals surface area contributed by atoms with E-state index in [4.69, 9.17) is 9.47 Å². The SMILES string of the molecule is COc1ccccc1C(=O)N[C@H](CCSC)C(=O)N1C[C@@H](C)O[C@H](C)C1. The maximum Gasteiger partial charge on any atom is 0.255 e. The zero-order chi connectivity index (χ0) is 19.1. The van der Waals surface area contributed by atoms with Gasteiger partial charge in [0.05, 0.1) is 24.9 Å². The van der Waals surface area contributed by atoms with Crippen molar-refractivity contribution in [2.24, 2.45) is 0 Å². The number of hydrogen-bond donors (Lipinski definition) is 1. The van der Waals surface area contributed by atoms with Crippen molar-refractivity contribution in [3.05, 3.63) is 29.8 Å². The third kappa shape index (κ3) is 5.38. The number of ether oxygens (including phenoxy) is 2. The molecule has 6 nitrogen and oxygen atoms in total. The van der Waals surface area contributed by atoms with E-state index in [2.05, 4.69) is 5.32 Å². The van der Waals surface area contributed by atoms with Crippen LogP contribution in [0.5, 0.6) is 5.75 Å². The molecule has 0 aromatic heterocycles. The fraction of sp³-hybridized carbons (Fsp3) is 0.579. The lowest BCUT2D eigenvalue weighted by Crippen LogP contribution is -2.55. The van der Waals surface area contributed by atoms with E-state index >= 15 is 0 Å². The van der Waals surface area contributed by atoms with Crippen LogP contribution in [0.4, 0.5) is 0 Å². The number of para-hydroxylation sites is 1. The second-order valence-electron chi connectivity index (χ2n) is 6.51. The van der Waals surface area contributed by atoms with Crippen LogP contribution >= 0.6 is 11.8 Å². The lowest BCUT2D eigenvalue weighted by Gasteiger charge is -2.37. The minimum Gasteiger partial charge on any atom is -0.496 e. The van der Waals surface area contributed by atoms with Gasteiger partial charge in [-0.15, -0.1) is 0 Å². The number of amides is 2. The monoisotopic (exact) mass is 380 g/mol. The van der Waals surface area contributed by atoms with E-state index in [1.54, 1.807) is 34.9 Å². The van der Waals surface area contributed by atoms with Gasteiger partial charge in [0.15, 0.2) is 0 Å². The predicted octanol–water partition coefficient (Wildman–Crippen LogP) is 2.18. The first-order chi connectivity index (χ1) is 12.5. The number of morpholine rings is 1. The number of rotatable bonds is 7. The van der Waals surface area contributed by atoms with Gasteiger partial charge in [0, 0.05) is 13.1 Å². The molecule has 144 valence electrons. The molecule has 1 aliphatic heterocycles. The predicted molar refractivity (Wildman–Crippen MR) is 104 cm³/mol. The van der Waals surface area contributed by atoms with Gasteiger partial charge >= 0.3 is 0 Å². The number of carbonyl (C=O) groups is 2. The molecule has 7 heteroatoms. The summed E-state index contributed by atoms with van der Waals surface area (Å²) in [5.74, 6) is 0.938. The first kappa shape index (κ1) is 20.6. The summed E-state index contributed by atoms with van der Waals surface area (Å²) < 4.78 is 11.0. The van der Waals surface area contributed by atoms with Gasteiger partial charge in [-0.25, -0.2) is 0 Å². The van der Waals surface area contributed by atoms with Crippen molar-refractivity contribution in [3.8, 4) is 5.75 Å². The molecule has 1 aromatic rings. The van der Waals surface area contributed by atoms with E-state index in [-0.39, 0.29) is 24.0 Å². The number of methoxy groups -OCH3 is 1. The molecular weight excluding hydrogens is 352 g/mol. The highest BCUT2D eigenvalue weighted by molar-refractivity contribution is 7.98. The molecule has 26 heavy (non-hydrogen) atoms. The van der Waals surface area contributed by atoms with Crippen LogP contribution in [0.25, 0.3) is 0 Å². The van der Waals surface area contributed by atoms with Crippen molar-refractivity contribution < 1.29 is 19.1 Å². The molecule has 0 aliphatic carbocycles. The molecule has 1 heterocycles. The van der Waals surface area contributed by atoms with Crippen LogP contribution in [0.1, 0.15) is 30.6 Å². The molecule has 0 spiro atoms. The quantitative estimate of drug-likeness (QED) is 0.785. The zero-order valence-electron chi connectivity index (χ0n) is 15.9. The largest absolute Gasteiger partial charge is 0.496 e. The highest BCUT2D eigenvalue weighted by Gasteiger charge is 2.31. The van der Waals surface area contributed by atoms with Crippen molar-refractivity contribution in [1.82, 2.24) is 10.2 Å². The summed E-state index contributed by atoms with van der Waals surface area (Å²) in [7, 11) is 1.53. The van der Waals surface area contributed by atoms with Crippen molar-refractivity contribution in [2.75, 3.05) is 32.2 Å². The first-order valence-electron chi connectivity index (χ1n) is 8.83. The molecule has 3 atom stereocenters. The Labute approximate surface area is 159 Å². The Bertz CT molecular complexity index is 615. The molecular formula is C19H28N2O4S. The molecule has 1 fully saturated rings. The summed E-state index contributed by atoms with van der Waals surface area (Å²) in [4.78, 5) is 27.6. The standard InChI is InChI=1S/C19H28N2O4S/c1-13-11-21(12-14(2)25-13)19(23)16(9-10-26-4)20-18(22)15-7-5-6-8-17(15)24-3/h5-8,13-14,16H,9-12H2,1-4H3,(H,20,22)/t13-,14-,16-/m1/s1. The second-order valence-corrected chi connectivity index (χ2v) is 7.49. The Morgan fingerprint density at radius 1 is 1.31 bits per heavy atom. The van der Waals surface area contributed by atoms with Gasteiger partial charge in [0.25, 0.3) is 5.91 Å². The third-order valence-corrected chi connectivity index (χ3v) is 4.94. The van der Waals surface area contributed by atoms with E-state index in [0.29, 0.717) is 30.8 Å². The number of nitrogens with one attached hydrogen (secondary N) is 1. The lowest BCUT2D eigenvalue weighted by atomic mass is 10.1. The van der Waals surface area contributed by atoms with E-state index in [1.165, 1.54) is 7.11 Å². The fourth-order valence-electron chi connectivity index (χ4n) is 3.14. The molecule has 2 rings (SSSR count). The number of thioether (sulfide) groups is 1. The molecule has 2 amide bonds. The molecule has 0 bridgehead atoms. The highest BCUT2D eigenvalue weighted by Crippen LogP contribution is 2.18. The topological polar surface area (TPSA) is 67.9 Å². The van der Waals surface area contributed by atoms with E-state index in [0.717, 1.165) is 5.75 Å². The van der Waals surface area contributed by atoms with Gasteiger partial charge in [-0.2, -0.15) is 11.8 Å². The van der Waals surface area contributed by atoms with Crippen LogP contribution in [0, 0.1) is 0 Å². The van der Waals surface area contributed by atoms with Crippen molar-refractivity contribution in [3.63, 3.8) is 0 Å². The molecule has 0 saturated carbocycles. The van der Waals surface area contributed by atoms with Gasteiger partial charge in [-0.1, -0.05) is 12.1 Å². The van der Waals surface area contributed by atoms with Gasteiger partial charge in [-0.3, -0.25) is 9.59 Å². The molecule has 1 aromatic carbocycles. The average molecular weight is 381 g/mol. The molecule has 1 aliphatic rings. The van der Waals surface area contributed by atoms with Crippen LogP contribution in [-0.2, 0) is 9.53 Å². The number of hydrogen-bond acceptors (Lipinski definition) is 5. The van der Waals surface area contributed by atoms with E-state index in [9.17, 15) is 9.59 Å². The normalized spacial score (nSPS) is 21.2. The molecule has 1 N–H and O–H groups in total. The van der Waals surface area contributed by atoms with Crippen LogP contribution in [0.2, 0.25) is 0 Å². The Balaban J connectivity index is 2.13. The van der Waals surface area contributed by atoms with Gasteiger partial charge in [0.2, 0.25) is 5.91 Å². The Kier molecular flexibility index (Phi) is 7.78. The maximum atomic E-state index is 13.0. The molecule has 0 radical (unpaired) electrons. The summed E-state index contributed by atoms with van der Waals surface area (Å²) in [6, 6.07) is 6.46. The van der Waals surface area contributed by atoms with E-state index < -0.39 is 6.04 Å². The van der Waals surface area contributed by atoms with Crippen molar-refractivity contribution in [1.29, 1.82) is 0 Å². The van der Waals surface area contributed by atoms with Gasteiger partial charge in [0.1, 0.15) is 11.8 Å². The Morgan fingerprint density at radius 3 is 2.58 bits per heavy atom. The summed E-state index contributed by atoms with van der Waals surface area (Å²) in [6.45, 7) is 5.01. The van der Waals surface area contributed by atoms with Gasteiger partial charge < -0.3 is 19.7 Å². The van der Waals surface area contributed by atoms with Gasteiger partial charge in [-0.05, 0) is 44.4 Å². The minimum atomic E-state index is -0.558. The Hall–Kier alpha value is -1.73. The number of benzene rings is 1. The second kappa shape index (κ2) is 9.83. The summed E-state index contributed by atoms with van der Waals surface area (Å²) in [5, 5.41) is 2.91. The minimum absolute atomic E-state index is 0.00572. The maximum absolute atomic E-state index is 13.0. The highest BCUT2D eigenvalue weighted by atomic mass is 32.2. The van der Waals surface area contributed by atoms with Crippen LogP contribution in [0.3, 0.4) is 0 Å². The number of carbonyl (C=O) groups excluding carboxylic acids is 2. The fourth-order valence-corrected chi connectivity index (χ4v) is 3.61. The average Bonchev–Trinajstić information content (AvgIpc) is 2.63. The molecule has 0 unspecified atom stereocenters. The first-order valence-corrected chi connectivity index (χ1v) is 10.2. The van der Waals surface area contributed by atoms with Crippen LogP contribution in [-0.4, -0.2) is 67.2 Å². The summed E-state index contributed by atoms with van der Waals surface area (Å²) in [5.41, 5.74) is 0.431. The van der Waals surface area contributed by atoms with Crippen molar-refractivity contribution >= 4 is 23.6 Å².